The number of rotatable bonds is 3. The van der Waals surface area contributed by atoms with Crippen LogP contribution in [0.2, 0.25) is 10.0 Å². The van der Waals surface area contributed by atoms with Crippen LogP contribution in [0, 0.1) is 0 Å². The van der Waals surface area contributed by atoms with Crippen LogP contribution in [0.25, 0.3) is 0 Å². The standard InChI is InChI=1S/C13H8BrCl3O/c14-9-2-4-12(11(17)5-9)18-13-6-10(16)3-1-8(13)7-15/h1-6H,7H2. The lowest BCUT2D eigenvalue weighted by atomic mass is 10.2. The molecule has 0 saturated heterocycles. The van der Waals surface area contributed by atoms with Crippen LogP contribution in [-0.4, -0.2) is 0 Å². The summed E-state index contributed by atoms with van der Waals surface area (Å²) in [6.07, 6.45) is 0. The lowest BCUT2D eigenvalue weighted by Gasteiger charge is -2.11. The molecule has 0 spiro atoms. The number of hydrogen-bond donors (Lipinski definition) is 0. The van der Waals surface area contributed by atoms with Gasteiger partial charge in [-0.15, -0.1) is 11.6 Å². The minimum absolute atomic E-state index is 0.348. The Morgan fingerprint density at radius 1 is 1.00 bits per heavy atom. The lowest BCUT2D eigenvalue weighted by molar-refractivity contribution is 0.478. The second-order valence-electron chi connectivity index (χ2n) is 3.56. The van der Waals surface area contributed by atoms with Gasteiger partial charge in [0.15, 0.2) is 0 Å². The van der Waals surface area contributed by atoms with E-state index in [1.807, 2.05) is 12.1 Å². The highest BCUT2D eigenvalue weighted by atomic mass is 79.9. The van der Waals surface area contributed by atoms with Crippen molar-refractivity contribution in [2.24, 2.45) is 0 Å². The van der Waals surface area contributed by atoms with Crippen molar-refractivity contribution in [3.63, 3.8) is 0 Å². The van der Waals surface area contributed by atoms with Gasteiger partial charge in [-0.1, -0.05) is 45.2 Å². The molecule has 0 heterocycles. The van der Waals surface area contributed by atoms with Crippen molar-refractivity contribution in [1.29, 1.82) is 0 Å². The van der Waals surface area contributed by atoms with Gasteiger partial charge in [0, 0.05) is 15.1 Å². The third-order valence-electron chi connectivity index (χ3n) is 2.29. The molecule has 2 aromatic carbocycles. The van der Waals surface area contributed by atoms with Gasteiger partial charge in [0.2, 0.25) is 0 Å². The van der Waals surface area contributed by atoms with Gasteiger partial charge in [-0.3, -0.25) is 0 Å². The molecule has 5 heteroatoms. The Labute approximate surface area is 129 Å². The molecular formula is C13H8BrCl3O. The Balaban J connectivity index is 2.36. The molecule has 94 valence electrons. The van der Waals surface area contributed by atoms with Gasteiger partial charge in [-0.25, -0.2) is 0 Å². The van der Waals surface area contributed by atoms with Crippen molar-refractivity contribution in [3.05, 3.63) is 56.5 Å². The van der Waals surface area contributed by atoms with E-state index in [1.54, 1.807) is 24.3 Å². The maximum Gasteiger partial charge on any atom is 0.146 e. The second kappa shape index (κ2) is 6.16. The minimum Gasteiger partial charge on any atom is -0.455 e. The maximum absolute atomic E-state index is 6.09. The summed E-state index contributed by atoms with van der Waals surface area (Å²) in [6, 6.07) is 10.7. The van der Waals surface area contributed by atoms with Gasteiger partial charge in [0.1, 0.15) is 11.5 Å². The van der Waals surface area contributed by atoms with Gasteiger partial charge in [0.05, 0.1) is 10.9 Å². The molecule has 0 fully saturated rings. The van der Waals surface area contributed by atoms with Crippen LogP contribution in [0.1, 0.15) is 5.56 Å². The molecule has 0 aliphatic rings. The van der Waals surface area contributed by atoms with Crippen LogP contribution in [-0.2, 0) is 5.88 Å². The van der Waals surface area contributed by atoms with Crippen molar-refractivity contribution >= 4 is 50.7 Å². The molecule has 0 saturated carbocycles. The van der Waals surface area contributed by atoms with Gasteiger partial charge >= 0.3 is 0 Å². The summed E-state index contributed by atoms with van der Waals surface area (Å²) in [4.78, 5) is 0. The third kappa shape index (κ3) is 3.33. The predicted octanol–water partition coefficient (Wildman–Crippen LogP) is 6.29. The van der Waals surface area contributed by atoms with Gasteiger partial charge < -0.3 is 4.74 Å². The van der Waals surface area contributed by atoms with E-state index < -0.39 is 0 Å². The molecule has 0 aliphatic carbocycles. The first kappa shape index (κ1) is 14.0. The SMILES string of the molecule is ClCc1ccc(Cl)cc1Oc1ccc(Br)cc1Cl. The number of hydrogen-bond acceptors (Lipinski definition) is 1. The summed E-state index contributed by atoms with van der Waals surface area (Å²) in [5.41, 5.74) is 0.861. The zero-order valence-electron chi connectivity index (χ0n) is 9.09. The smallest absolute Gasteiger partial charge is 0.146 e. The highest BCUT2D eigenvalue weighted by molar-refractivity contribution is 9.10. The number of alkyl halides is 1. The molecule has 2 rings (SSSR count). The third-order valence-corrected chi connectivity index (χ3v) is 3.60. The van der Waals surface area contributed by atoms with Crippen LogP contribution in [0.5, 0.6) is 11.5 Å². The Morgan fingerprint density at radius 3 is 2.44 bits per heavy atom. The van der Waals surface area contributed by atoms with E-state index in [0.717, 1.165) is 10.0 Å². The Morgan fingerprint density at radius 2 is 1.78 bits per heavy atom. The quantitative estimate of drug-likeness (QED) is 0.580. The molecule has 1 nitrogen and oxygen atoms in total. The van der Waals surface area contributed by atoms with Crippen LogP contribution in [0.15, 0.2) is 40.9 Å². The largest absolute Gasteiger partial charge is 0.455 e. The fraction of sp³-hybridized carbons (Fsp3) is 0.0769. The molecule has 0 bridgehead atoms. The fourth-order valence-electron chi connectivity index (χ4n) is 1.41. The summed E-state index contributed by atoms with van der Waals surface area (Å²) in [7, 11) is 0. The monoisotopic (exact) mass is 364 g/mol. The predicted molar refractivity (Wildman–Crippen MR) is 80.2 cm³/mol. The first-order chi connectivity index (χ1) is 8.60. The van der Waals surface area contributed by atoms with Crippen LogP contribution in [0.3, 0.4) is 0 Å². The average molecular weight is 366 g/mol. The summed E-state index contributed by atoms with van der Waals surface area (Å²) >= 11 is 21.2. The molecular weight excluding hydrogens is 358 g/mol. The van der Waals surface area contributed by atoms with E-state index in [-0.39, 0.29) is 0 Å². The molecule has 0 aliphatic heterocycles. The summed E-state index contributed by atoms with van der Waals surface area (Å²) in [5, 5.41) is 1.11. The summed E-state index contributed by atoms with van der Waals surface area (Å²) < 4.78 is 6.64. The van der Waals surface area contributed by atoms with E-state index in [1.165, 1.54) is 0 Å². The van der Waals surface area contributed by atoms with E-state index >= 15 is 0 Å². The van der Waals surface area contributed by atoms with Crippen molar-refractivity contribution in [2.75, 3.05) is 0 Å². The maximum atomic E-state index is 6.09. The Kier molecular flexibility index (Phi) is 4.79. The van der Waals surface area contributed by atoms with E-state index in [0.29, 0.717) is 27.4 Å². The van der Waals surface area contributed by atoms with E-state index in [4.69, 9.17) is 39.5 Å². The zero-order chi connectivity index (χ0) is 13.1. The topological polar surface area (TPSA) is 9.23 Å². The van der Waals surface area contributed by atoms with Gasteiger partial charge in [0.25, 0.3) is 0 Å². The lowest BCUT2D eigenvalue weighted by Crippen LogP contribution is -1.90. The highest BCUT2D eigenvalue weighted by Crippen LogP contribution is 2.34. The van der Waals surface area contributed by atoms with Crippen molar-refractivity contribution in [3.8, 4) is 11.5 Å². The van der Waals surface area contributed by atoms with E-state index in [2.05, 4.69) is 15.9 Å². The van der Waals surface area contributed by atoms with Gasteiger partial charge in [-0.05, 0) is 30.3 Å². The molecule has 0 aromatic heterocycles. The Bertz CT molecular complexity index is 572. The van der Waals surface area contributed by atoms with E-state index in [9.17, 15) is 0 Å². The fourth-order valence-corrected chi connectivity index (χ4v) is 2.51. The first-order valence-corrected chi connectivity index (χ1v) is 7.16. The van der Waals surface area contributed by atoms with Crippen LogP contribution >= 0.6 is 50.7 Å². The Hall–Kier alpha value is -0.410. The first-order valence-electron chi connectivity index (χ1n) is 5.07. The second-order valence-corrected chi connectivity index (χ2v) is 5.59. The zero-order valence-corrected chi connectivity index (χ0v) is 12.9. The number of benzene rings is 2. The molecule has 0 radical (unpaired) electrons. The average Bonchev–Trinajstić information content (AvgIpc) is 2.33. The number of halogens is 4. The molecule has 0 amide bonds. The molecule has 0 unspecified atom stereocenters. The highest BCUT2D eigenvalue weighted by Gasteiger charge is 2.08. The van der Waals surface area contributed by atoms with Crippen molar-refractivity contribution in [1.82, 2.24) is 0 Å². The van der Waals surface area contributed by atoms with Crippen LogP contribution in [0.4, 0.5) is 0 Å². The van der Waals surface area contributed by atoms with Gasteiger partial charge in [-0.2, -0.15) is 0 Å². The van der Waals surface area contributed by atoms with Crippen LogP contribution < -0.4 is 4.74 Å². The molecule has 0 atom stereocenters. The number of ether oxygens (including phenoxy) is 1. The summed E-state index contributed by atoms with van der Waals surface area (Å²) in [5.74, 6) is 1.52. The minimum atomic E-state index is 0.348. The normalized spacial score (nSPS) is 10.4. The van der Waals surface area contributed by atoms with Crippen molar-refractivity contribution in [2.45, 2.75) is 5.88 Å². The van der Waals surface area contributed by atoms with Crippen molar-refractivity contribution < 1.29 is 4.74 Å². The molecule has 0 N–H and O–H groups in total. The molecule has 18 heavy (non-hydrogen) atoms. The summed E-state index contributed by atoms with van der Waals surface area (Å²) in [6.45, 7) is 0. The molecule has 2 aromatic rings.